The van der Waals surface area contributed by atoms with Gasteiger partial charge in [-0.15, -0.1) is 0 Å². The molecule has 0 aromatic rings. The summed E-state index contributed by atoms with van der Waals surface area (Å²) in [6.45, 7) is 13.3. The van der Waals surface area contributed by atoms with Gasteiger partial charge in [-0.2, -0.15) is 0 Å². The summed E-state index contributed by atoms with van der Waals surface area (Å²) in [6, 6.07) is 1.27. The minimum atomic E-state index is -0.418. The zero-order chi connectivity index (χ0) is 16.8. The molecule has 1 aliphatic rings. The minimum absolute atomic E-state index is 0.147. The Morgan fingerprint density at radius 2 is 1.95 bits per heavy atom. The molecule has 130 valence electrons. The number of carbonyl (C=O) groups excluding carboxylic acids is 1. The van der Waals surface area contributed by atoms with Crippen LogP contribution in [0, 0.1) is 0 Å². The molecule has 4 nitrogen and oxygen atoms in total. The molecule has 1 heterocycles. The Bertz CT molecular complexity index is 338. The van der Waals surface area contributed by atoms with E-state index in [1.807, 2.05) is 25.7 Å². The first-order valence-electron chi connectivity index (χ1n) is 8.98. The Balaban J connectivity index is 2.56. The molecule has 1 N–H and O–H groups in total. The van der Waals surface area contributed by atoms with Crippen LogP contribution in [-0.2, 0) is 4.74 Å². The van der Waals surface area contributed by atoms with Crippen molar-refractivity contribution < 1.29 is 9.53 Å². The number of amides is 1. The van der Waals surface area contributed by atoms with Crippen LogP contribution < -0.4 is 5.32 Å². The van der Waals surface area contributed by atoms with E-state index in [4.69, 9.17) is 4.74 Å². The van der Waals surface area contributed by atoms with E-state index in [1.54, 1.807) is 0 Å². The van der Waals surface area contributed by atoms with Crippen LogP contribution in [0.1, 0.15) is 80.1 Å². The van der Waals surface area contributed by atoms with E-state index in [0.29, 0.717) is 18.1 Å². The number of piperidine rings is 1. The molecule has 3 atom stereocenters. The molecule has 1 rings (SSSR count). The van der Waals surface area contributed by atoms with E-state index in [2.05, 4.69) is 26.1 Å². The van der Waals surface area contributed by atoms with E-state index < -0.39 is 5.60 Å². The summed E-state index contributed by atoms with van der Waals surface area (Å²) in [5.41, 5.74) is -0.418. The van der Waals surface area contributed by atoms with Gasteiger partial charge < -0.3 is 15.0 Å². The number of carbonyl (C=O) groups is 1. The van der Waals surface area contributed by atoms with Crippen LogP contribution in [0.15, 0.2) is 0 Å². The Hall–Kier alpha value is -0.770. The van der Waals surface area contributed by atoms with Crippen molar-refractivity contribution in [2.45, 2.75) is 104 Å². The number of nitrogens with one attached hydrogen (secondary N) is 1. The quantitative estimate of drug-likeness (QED) is 0.793. The van der Waals surface area contributed by atoms with Crippen molar-refractivity contribution in [3.63, 3.8) is 0 Å². The number of hydrogen-bond acceptors (Lipinski definition) is 3. The summed E-state index contributed by atoms with van der Waals surface area (Å²) >= 11 is 0. The Kier molecular flexibility index (Phi) is 7.67. The van der Waals surface area contributed by atoms with Crippen molar-refractivity contribution in [1.82, 2.24) is 10.2 Å². The lowest BCUT2D eigenvalue weighted by Crippen LogP contribution is -2.49. The van der Waals surface area contributed by atoms with Crippen molar-refractivity contribution in [3.05, 3.63) is 0 Å². The summed E-state index contributed by atoms with van der Waals surface area (Å²) in [6.07, 6.45) is 6.65. The summed E-state index contributed by atoms with van der Waals surface area (Å²) < 4.78 is 5.58. The zero-order valence-electron chi connectivity index (χ0n) is 15.4. The number of likely N-dealkylation sites (tertiary alicyclic amines) is 1. The third kappa shape index (κ3) is 6.99. The lowest BCUT2D eigenvalue weighted by Gasteiger charge is -2.38. The molecule has 0 radical (unpaired) electrons. The molecule has 0 spiro atoms. The van der Waals surface area contributed by atoms with E-state index in [0.717, 1.165) is 25.8 Å². The Morgan fingerprint density at radius 1 is 1.27 bits per heavy atom. The SMILES string of the molecule is CCCC(C)NC(C)CC1CCCCN1C(=O)OC(C)(C)C. The largest absolute Gasteiger partial charge is 0.444 e. The lowest BCUT2D eigenvalue weighted by molar-refractivity contribution is 0.00780. The highest BCUT2D eigenvalue weighted by molar-refractivity contribution is 5.68. The first-order valence-corrected chi connectivity index (χ1v) is 8.98. The molecule has 0 bridgehead atoms. The van der Waals surface area contributed by atoms with Crippen LogP contribution in [0.5, 0.6) is 0 Å². The molecule has 4 heteroatoms. The van der Waals surface area contributed by atoms with E-state index >= 15 is 0 Å². The van der Waals surface area contributed by atoms with Crippen molar-refractivity contribution >= 4 is 6.09 Å². The predicted molar refractivity (Wildman–Crippen MR) is 92.2 cm³/mol. The molecular weight excluding hydrogens is 276 g/mol. The second kappa shape index (κ2) is 8.76. The summed E-state index contributed by atoms with van der Waals surface area (Å²) in [4.78, 5) is 14.4. The van der Waals surface area contributed by atoms with Crippen LogP contribution in [-0.4, -0.2) is 41.3 Å². The van der Waals surface area contributed by atoms with Gasteiger partial charge in [-0.05, 0) is 66.7 Å². The first-order chi connectivity index (χ1) is 10.2. The second-order valence-electron chi connectivity index (χ2n) is 7.82. The fraction of sp³-hybridized carbons (Fsp3) is 0.944. The molecule has 1 fully saturated rings. The maximum Gasteiger partial charge on any atom is 0.410 e. The van der Waals surface area contributed by atoms with Gasteiger partial charge in [-0.3, -0.25) is 0 Å². The third-order valence-corrected chi connectivity index (χ3v) is 4.17. The summed E-state index contributed by atoms with van der Waals surface area (Å²) in [5, 5.41) is 3.66. The number of nitrogens with zero attached hydrogens (tertiary/aromatic N) is 1. The number of ether oxygens (including phenoxy) is 1. The smallest absolute Gasteiger partial charge is 0.410 e. The van der Waals surface area contributed by atoms with Gasteiger partial charge in [-0.1, -0.05) is 13.3 Å². The highest BCUT2D eigenvalue weighted by Crippen LogP contribution is 2.23. The van der Waals surface area contributed by atoms with Gasteiger partial charge in [0.2, 0.25) is 0 Å². The van der Waals surface area contributed by atoms with E-state index in [1.165, 1.54) is 19.3 Å². The highest BCUT2D eigenvalue weighted by atomic mass is 16.6. The Labute approximate surface area is 137 Å². The van der Waals surface area contributed by atoms with Crippen LogP contribution >= 0.6 is 0 Å². The highest BCUT2D eigenvalue weighted by Gasteiger charge is 2.31. The zero-order valence-corrected chi connectivity index (χ0v) is 15.4. The average molecular weight is 312 g/mol. The van der Waals surface area contributed by atoms with Gasteiger partial charge in [0, 0.05) is 24.7 Å². The minimum Gasteiger partial charge on any atom is -0.444 e. The van der Waals surface area contributed by atoms with Gasteiger partial charge in [0.1, 0.15) is 5.60 Å². The molecule has 0 aliphatic carbocycles. The van der Waals surface area contributed by atoms with Crippen molar-refractivity contribution in [2.75, 3.05) is 6.54 Å². The van der Waals surface area contributed by atoms with Crippen LogP contribution in [0.4, 0.5) is 4.79 Å². The maximum atomic E-state index is 12.4. The van der Waals surface area contributed by atoms with Crippen LogP contribution in [0.25, 0.3) is 0 Å². The fourth-order valence-corrected chi connectivity index (χ4v) is 3.28. The topological polar surface area (TPSA) is 41.6 Å². The molecule has 0 aromatic carbocycles. The molecule has 1 amide bonds. The normalized spacial score (nSPS) is 22.3. The summed E-state index contributed by atoms with van der Waals surface area (Å²) in [5.74, 6) is 0. The monoisotopic (exact) mass is 312 g/mol. The fourth-order valence-electron chi connectivity index (χ4n) is 3.28. The maximum absolute atomic E-state index is 12.4. The Morgan fingerprint density at radius 3 is 2.55 bits per heavy atom. The van der Waals surface area contributed by atoms with Crippen LogP contribution in [0.3, 0.4) is 0 Å². The van der Waals surface area contributed by atoms with E-state index in [9.17, 15) is 4.79 Å². The second-order valence-corrected chi connectivity index (χ2v) is 7.82. The third-order valence-electron chi connectivity index (χ3n) is 4.17. The summed E-state index contributed by atoms with van der Waals surface area (Å²) in [7, 11) is 0. The molecule has 22 heavy (non-hydrogen) atoms. The van der Waals surface area contributed by atoms with Gasteiger partial charge >= 0.3 is 6.09 Å². The van der Waals surface area contributed by atoms with Gasteiger partial charge in [0.25, 0.3) is 0 Å². The first kappa shape index (κ1) is 19.3. The molecule has 1 aliphatic heterocycles. The molecule has 0 aromatic heterocycles. The van der Waals surface area contributed by atoms with Gasteiger partial charge in [0.15, 0.2) is 0 Å². The molecule has 3 unspecified atom stereocenters. The molecule has 0 saturated carbocycles. The van der Waals surface area contributed by atoms with Crippen molar-refractivity contribution in [2.24, 2.45) is 0 Å². The number of rotatable bonds is 6. The lowest BCUT2D eigenvalue weighted by atomic mass is 9.96. The van der Waals surface area contributed by atoms with E-state index in [-0.39, 0.29) is 6.09 Å². The van der Waals surface area contributed by atoms with Crippen molar-refractivity contribution in [3.8, 4) is 0 Å². The standard InChI is InChI=1S/C18H36N2O2/c1-7-10-14(2)19-15(3)13-16-11-8-9-12-20(16)17(21)22-18(4,5)6/h14-16,19H,7-13H2,1-6H3. The van der Waals surface area contributed by atoms with Crippen molar-refractivity contribution in [1.29, 1.82) is 0 Å². The predicted octanol–water partition coefficient (Wildman–Crippen LogP) is 4.33. The van der Waals surface area contributed by atoms with Gasteiger partial charge in [0.05, 0.1) is 0 Å². The van der Waals surface area contributed by atoms with Gasteiger partial charge in [-0.25, -0.2) is 4.79 Å². The average Bonchev–Trinajstić information content (AvgIpc) is 2.37. The molecular formula is C18H36N2O2. The number of hydrogen-bond donors (Lipinski definition) is 1. The molecule has 1 saturated heterocycles. The van der Waals surface area contributed by atoms with Crippen LogP contribution in [0.2, 0.25) is 0 Å².